The van der Waals surface area contributed by atoms with Gasteiger partial charge in [0.05, 0.1) is 29.1 Å². The Morgan fingerprint density at radius 1 is 0.597 bits per heavy atom. The van der Waals surface area contributed by atoms with E-state index in [2.05, 4.69) is 36.0 Å². The number of anilines is 2. The van der Waals surface area contributed by atoms with Gasteiger partial charge in [-0.3, -0.25) is 18.5 Å². The minimum absolute atomic E-state index is 0.154. The van der Waals surface area contributed by atoms with Crippen molar-refractivity contribution in [3.63, 3.8) is 0 Å². The molecule has 0 saturated carbocycles. The number of benzene rings is 6. The second kappa shape index (κ2) is 17.2. The van der Waals surface area contributed by atoms with Crippen molar-refractivity contribution >= 4 is 92.5 Å². The lowest BCUT2D eigenvalue weighted by atomic mass is 10.1. The molecule has 0 aliphatic heterocycles. The molecular weight excluding hydrogens is 869 g/mol. The zero-order valence-corrected chi connectivity index (χ0v) is 35.1. The summed E-state index contributed by atoms with van der Waals surface area (Å²) in [6, 6.07) is 20.2. The number of azo groups is 3. The van der Waals surface area contributed by atoms with Crippen molar-refractivity contribution in [3.8, 4) is 11.5 Å². The summed E-state index contributed by atoms with van der Waals surface area (Å²) in [7, 11) is -13.4. The number of amides is 1. The number of ether oxygens (including phenoxy) is 1. The van der Waals surface area contributed by atoms with Gasteiger partial charge in [0.2, 0.25) is 0 Å². The number of hydrogen-bond donors (Lipinski definition) is 6. The molecule has 0 aliphatic carbocycles. The number of nitrogens with zero attached hydrogens (tertiary/aromatic N) is 6. The fourth-order valence-corrected chi connectivity index (χ4v) is 7.72. The maximum absolute atomic E-state index is 12.7. The van der Waals surface area contributed by atoms with Gasteiger partial charge in [-0.2, -0.15) is 40.6 Å². The number of nitrogens with two attached hydrogens (primary N) is 1. The van der Waals surface area contributed by atoms with E-state index in [1.54, 1.807) is 51.1 Å². The van der Waals surface area contributed by atoms with Gasteiger partial charge < -0.3 is 20.9 Å². The lowest BCUT2D eigenvalue weighted by Gasteiger charge is -2.11. The molecule has 0 aliphatic rings. The zero-order valence-electron chi connectivity index (χ0n) is 32.7. The topological polar surface area (TPSA) is 322 Å². The van der Waals surface area contributed by atoms with E-state index in [1.165, 1.54) is 43.5 Å². The van der Waals surface area contributed by atoms with Crippen LogP contribution in [0.1, 0.15) is 27.0 Å². The summed E-state index contributed by atoms with van der Waals surface area (Å²) in [4.78, 5) is 10.3. The van der Waals surface area contributed by atoms with Gasteiger partial charge in [-0.15, -0.1) is 15.3 Å². The average molecular weight is 903 g/mol. The third kappa shape index (κ3) is 9.94. The Morgan fingerprint density at radius 2 is 1.13 bits per heavy atom. The second-order valence-corrected chi connectivity index (χ2v) is 17.7. The van der Waals surface area contributed by atoms with E-state index in [-0.39, 0.29) is 39.3 Å². The van der Waals surface area contributed by atoms with Crippen molar-refractivity contribution in [1.29, 1.82) is 0 Å². The lowest BCUT2D eigenvalue weighted by molar-refractivity contribution is 0.102. The van der Waals surface area contributed by atoms with E-state index in [1.807, 2.05) is 0 Å². The number of fused-ring (bicyclic) bond motifs is 1. The molecule has 0 bridgehead atoms. The summed E-state index contributed by atoms with van der Waals surface area (Å²) in [6.45, 7) is 5.00. The molecule has 0 saturated heterocycles. The smallest absolute Gasteiger partial charge is 0.296 e. The Morgan fingerprint density at radius 3 is 1.69 bits per heavy atom. The molecule has 0 heterocycles. The van der Waals surface area contributed by atoms with Gasteiger partial charge in [0.25, 0.3) is 36.3 Å². The number of hydrogen-bond acceptors (Lipinski definition) is 16. The molecule has 0 aromatic heterocycles. The van der Waals surface area contributed by atoms with Crippen LogP contribution in [0, 0.1) is 20.8 Å². The first kappa shape index (κ1) is 44.5. The SMILES string of the molecule is COc1cc(N=Nc2ccc(S(=O)(=O)O)cc2S(=O)(=O)O)c(C)cc1N=Nc1cc(C)c(N=Nc2c(S(=O)(=O)O)cc3cc(NC(=O)c4ccc(N)cc4)ccc3c2O)cc1C. The first-order chi connectivity index (χ1) is 29.0. The molecule has 0 atom stereocenters. The van der Waals surface area contributed by atoms with Crippen molar-refractivity contribution in [1.82, 2.24) is 0 Å². The number of nitrogens with one attached hydrogen (secondary N) is 1. The van der Waals surface area contributed by atoms with Gasteiger partial charge in [-0.25, -0.2) is 0 Å². The molecule has 7 N–H and O–H groups in total. The van der Waals surface area contributed by atoms with Crippen molar-refractivity contribution in [2.75, 3.05) is 18.2 Å². The number of carbonyl (C=O) groups excluding carboxylic acids is 1. The van der Waals surface area contributed by atoms with Crippen LogP contribution in [0.4, 0.5) is 45.5 Å². The number of aromatic hydroxyl groups is 1. The van der Waals surface area contributed by atoms with Crippen molar-refractivity contribution < 1.29 is 53.5 Å². The number of carbonyl (C=O) groups is 1. The summed E-state index contributed by atoms with van der Waals surface area (Å²) in [5, 5.41) is 39.0. The summed E-state index contributed by atoms with van der Waals surface area (Å²) in [5.74, 6) is -0.884. The molecule has 0 unspecified atom stereocenters. The number of aryl methyl sites for hydroxylation is 3. The van der Waals surface area contributed by atoms with Crippen LogP contribution in [-0.2, 0) is 30.4 Å². The normalized spacial score (nSPS) is 12.5. The molecule has 1 amide bonds. The molecule has 6 rings (SSSR count). The average Bonchev–Trinajstić information content (AvgIpc) is 3.19. The minimum Gasteiger partial charge on any atom is -0.505 e. The van der Waals surface area contributed by atoms with Crippen molar-refractivity contribution in [2.24, 2.45) is 30.7 Å². The maximum atomic E-state index is 12.7. The molecule has 320 valence electrons. The molecule has 20 nitrogen and oxygen atoms in total. The number of rotatable bonds is 12. The molecule has 23 heteroatoms. The van der Waals surface area contributed by atoms with Gasteiger partial charge in [0.1, 0.15) is 32.6 Å². The van der Waals surface area contributed by atoms with E-state index >= 15 is 0 Å². The predicted octanol–water partition coefficient (Wildman–Crippen LogP) is 9.30. The van der Waals surface area contributed by atoms with E-state index in [4.69, 9.17) is 10.5 Å². The van der Waals surface area contributed by atoms with Gasteiger partial charge >= 0.3 is 0 Å². The standard InChI is InChI=1S/C39H34N8O12S3/c1-20-14-31(45-47-37-36(62(56,57)58)17-24-16-26(9-11-28(24)38(37)48)41-39(49)23-5-7-25(40)8-6-23)21(2)13-30(20)43-46-33-15-22(3)32(19-34(33)59-4)44-42-29-12-10-27(60(50,51)52)18-35(29)61(53,54)55/h5-19,48H,40H2,1-4H3,(H,41,49)(H,50,51,52)(H,53,54,55)(H,56,57,58). The lowest BCUT2D eigenvalue weighted by Crippen LogP contribution is -2.11. The van der Waals surface area contributed by atoms with Crippen LogP contribution in [0.3, 0.4) is 0 Å². The van der Waals surface area contributed by atoms with E-state index in [9.17, 15) is 48.8 Å². The predicted molar refractivity (Wildman–Crippen MR) is 226 cm³/mol. The highest BCUT2D eigenvalue weighted by Crippen LogP contribution is 2.43. The third-order valence-electron chi connectivity index (χ3n) is 9.07. The Bertz CT molecular complexity index is 3250. The summed E-state index contributed by atoms with van der Waals surface area (Å²) in [6.07, 6.45) is 0. The molecule has 0 spiro atoms. The highest BCUT2D eigenvalue weighted by molar-refractivity contribution is 7.87. The second-order valence-electron chi connectivity index (χ2n) is 13.5. The van der Waals surface area contributed by atoms with Crippen LogP contribution in [0.2, 0.25) is 0 Å². The number of nitrogen functional groups attached to an aromatic ring is 1. The van der Waals surface area contributed by atoms with Gasteiger partial charge in [0, 0.05) is 28.4 Å². The first-order valence-corrected chi connectivity index (χ1v) is 21.9. The van der Waals surface area contributed by atoms with Crippen LogP contribution in [0.5, 0.6) is 11.5 Å². The number of phenols is 1. The molecule has 0 fully saturated rings. The fourth-order valence-electron chi connectivity index (χ4n) is 5.84. The van der Waals surface area contributed by atoms with E-state index < -0.39 is 68.1 Å². The quantitative estimate of drug-likeness (QED) is 0.0379. The summed E-state index contributed by atoms with van der Waals surface area (Å²) >= 11 is 0. The fraction of sp³-hybridized carbons (Fsp3) is 0.103. The van der Waals surface area contributed by atoms with Gasteiger partial charge in [-0.05, 0) is 128 Å². The highest BCUT2D eigenvalue weighted by Gasteiger charge is 2.24. The van der Waals surface area contributed by atoms with Gasteiger partial charge in [0.15, 0.2) is 5.75 Å². The Hall–Kier alpha value is -7.02. The third-order valence-corrected chi connectivity index (χ3v) is 11.7. The molecule has 6 aromatic carbocycles. The zero-order chi connectivity index (χ0) is 45.3. The number of phenolic OH excluding ortho intramolecular Hbond substituents is 1. The van der Waals surface area contributed by atoms with Crippen LogP contribution in [-0.4, -0.2) is 57.0 Å². The Kier molecular flexibility index (Phi) is 12.3. The monoisotopic (exact) mass is 902 g/mol. The molecule has 0 radical (unpaired) electrons. The highest BCUT2D eigenvalue weighted by atomic mass is 32.2. The molecule has 6 aromatic rings. The molecular formula is C39H34N8O12S3. The van der Waals surface area contributed by atoms with Crippen LogP contribution in [0.25, 0.3) is 10.8 Å². The summed E-state index contributed by atoms with van der Waals surface area (Å²) < 4.78 is 106. The van der Waals surface area contributed by atoms with E-state index in [0.29, 0.717) is 39.7 Å². The van der Waals surface area contributed by atoms with Crippen LogP contribution >= 0.6 is 0 Å². The van der Waals surface area contributed by atoms with Gasteiger partial charge in [-0.1, -0.05) is 0 Å². The maximum Gasteiger partial charge on any atom is 0.296 e. The van der Waals surface area contributed by atoms with E-state index in [0.717, 1.165) is 18.2 Å². The van der Waals surface area contributed by atoms with Crippen molar-refractivity contribution in [3.05, 3.63) is 113 Å². The Balaban J connectivity index is 1.26. The Labute approximate surface area is 353 Å². The number of methoxy groups -OCH3 is 1. The van der Waals surface area contributed by atoms with Crippen LogP contribution in [0.15, 0.2) is 136 Å². The molecule has 62 heavy (non-hydrogen) atoms. The van der Waals surface area contributed by atoms with Crippen molar-refractivity contribution in [2.45, 2.75) is 35.5 Å². The minimum atomic E-state index is -4.98. The largest absolute Gasteiger partial charge is 0.505 e. The first-order valence-electron chi connectivity index (χ1n) is 17.6. The van der Waals surface area contributed by atoms with Crippen LogP contribution < -0.4 is 15.8 Å². The summed E-state index contributed by atoms with van der Waals surface area (Å²) in [5.41, 5.74) is 8.43.